The number of aryl methyl sites for hydroxylation is 1. The topological polar surface area (TPSA) is 66.5 Å². The van der Waals surface area contributed by atoms with Gasteiger partial charge in [0.15, 0.2) is 0 Å². The first kappa shape index (κ1) is 17.0. The number of rotatable bonds is 5. The maximum Gasteiger partial charge on any atom is 0.273 e. The first-order valence-electron chi connectivity index (χ1n) is 8.01. The van der Waals surface area contributed by atoms with Crippen LogP contribution in [-0.4, -0.2) is 20.9 Å². The molecule has 1 aliphatic rings. The second kappa shape index (κ2) is 6.94. The van der Waals surface area contributed by atoms with Crippen LogP contribution in [0.25, 0.3) is 0 Å². The molecule has 0 aliphatic carbocycles. The minimum Gasteiger partial charge on any atom is -0.326 e. The number of sulfonamides is 1. The van der Waals surface area contributed by atoms with Crippen molar-refractivity contribution in [2.24, 2.45) is 0 Å². The average molecular weight is 364 g/mol. The first-order valence-corrected chi connectivity index (χ1v) is 10.3. The summed E-state index contributed by atoms with van der Waals surface area (Å²) in [6, 6.07) is 8.89. The molecule has 0 unspecified atom stereocenters. The molecule has 0 atom stereocenters. The van der Waals surface area contributed by atoms with Crippen molar-refractivity contribution < 1.29 is 13.2 Å². The molecule has 0 saturated heterocycles. The molecular formula is C17H20N2O3S2. The van der Waals surface area contributed by atoms with Gasteiger partial charge in [0.25, 0.3) is 10.0 Å². The molecule has 1 aromatic carbocycles. The second-order valence-electron chi connectivity index (χ2n) is 5.75. The molecule has 2 aromatic rings. The highest BCUT2D eigenvalue weighted by molar-refractivity contribution is 7.94. The molecule has 0 radical (unpaired) electrons. The summed E-state index contributed by atoms with van der Waals surface area (Å²) in [7, 11) is -3.55. The summed E-state index contributed by atoms with van der Waals surface area (Å²) in [6.07, 6.45) is 2.86. The van der Waals surface area contributed by atoms with Gasteiger partial charge in [0.2, 0.25) is 5.91 Å². The Morgan fingerprint density at radius 2 is 2.17 bits per heavy atom. The van der Waals surface area contributed by atoms with E-state index in [1.807, 2.05) is 19.1 Å². The summed E-state index contributed by atoms with van der Waals surface area (Å²) in [4.78, 5) is 11.8. The number of carbonyl (C=O) groups is 1. The van der Waals surface area contributed by atoms with Crippen LogP contribution < -0.4 is 9.62 Å². The number of amides is 1. The first-order chi connectivity index (χ1) is 11.5. The second-order valence-corrected chi connectivity index (χ2v) is 8.79. The molecule has 0 fully saturated rings. The third-order valence-electron chi connectivity index (χ3n) is 3.96. The molecule has 5 nitrogen and oxygen atoms in total. The van der Waals surface area contributed by atoms with E-state index in [0.29, 0.717) is 28.5 Å². The van der Waals surface area contributed by atoms with E-state index >= 15 is 0 Å². The van der Waals surface area contributed by atoms with Crippen molar-refractivity contribution >= 4 is 38.6 Å². The van der Waals surface area contributed by atoms with Crippen molar-refractivity contribution in [3.63, 3.8) is 0 Å². The lowest BCUT2D eigenvalue weighted by atomic mass is 10.0. The maximum absolute atomic E-state index is 12.9. The molecule has 0 saturated carbocycles. The number of nitrogens with one attached hydrogen (secondary N) is 1. The number of hydrogen-bond acceptors (Lipinski definition) is 4. The molecule has 24 heavy (non-hydrogen) atoms. The van der Waals surface area contributed by atoms with Gasteiger partial charge in [0.05, 0.1) is 5.69 Å². The normalized spacial score (nSPS) is 14.3. The van der Waals surface area contributed by atoms with Crippen molar-refractivity contribution in [1.29, 1.82) is 0 Å². The van der Waals surface area contributed by atoms with Crippen LogP contribution in [-0.2, 0) is 21.2 Å². The van der Waals surface area contributed by atoms with Gasteiger partial charge in [-0.25, -0.2) is 8.42 Å². The molecule has 0 spiro atoms. The Hall–Kier alpha value is -1.86. The lowest BCUT2D eigenvalue weighted by Gasteiger charge is -2.30. The minimum atomic E-state index is -3.55. The third-order valence-corrected chi connectivity index (χ3v) is 7.15. The zero-order chi connectivity index (χ0) is 17.2. The fraction of sp³-hybridized carbons (Fsp3) is 0.353. The fourth-order valence-corrected chi connectivity index (χ4v) is 5.48. The SMILES string of the molecule is CCCC(=O)Nc1ccc2c(c1)N(S(=O)(=O)c1cccs1)CCC2. The van der Waals surface area contributed by atoms with Crippen molar-refractivity contribution in [2.75, 3.05) is 16.2 Å². The van der Waals surface area contributed by atoms with Crippen molar-refractivity contribution in [2.45, 2.75) is 36.8 Å². The van der Waals surface area contributed by atoms with E-state index in [2.05, 4.69) is 5.32 Å². The number of nitrogens with zero attached hydrogens (tertiary/aromatic N) is 1. The highest BCUT2D eigenvalue weighted by Gasteiger charge is 2.30. The Bertz CT molecular complexity index is 830. The van der Waals surface area contributed by atoms with E-state index in [9.17, 15) is 13.2 Å². The largest absolute Gasteiger partial charge is 0.326 e. The highest BCUT2D eigenvalue weighted by Crippen LogP contribution is 2.35. The molecule has 2 heterocycles. The van der Waals surface area contributed by atoms with Gasteiger partial charge in [0.1, 0.15) is 4.21 Å². The zero-order valence-electron chi connectivity index (χ0n) is 13.5. The monoisotopic (exact) mass is 364 g/mol. The quantitative estimate of drug-likeness (QED) is 0.881. The minimum absolute atomic E-state index is 0.0547. The molecule has 128 valence electrons. The van der Waals surface area contributed by atoms with Gasteiger partial charge in [-0.1, -0.05) is 19.1 Å². The molecule has 7 heteroatoms. The fourth-order valence-electron chi connectivity index (χ4n) is 2.84. The predicted octanol–water partition coefficient (Wildman–Crippen LogP) is 3.63. The molecule has 0 bridgehead atoms. The van der Waals surface area contributed by atoms with Gasteiger partial charge in [-0.2, -0.15) is 0 Å². The summed E-state index contributed by atoms with van der Waals surface area (Å²) < 4.78 is 27.6. The van der Waals surface area contributed by atoms with Crippen LogP contribution in [0.2, 0.25) is 0 Å². The van der Waals surface area contributed by atoms with Crippen LogP contribution >= 0.6 is 11.3 Å². The summed E-state index contributed by atoms with van der Waals surface area (Å²) >= 11 is 1.22. The van der Waals surface area contributed by atoms with Crippen LogP contribution in [0.4, 0.5) is 11.4 Å². The Morgan fingerprint density at radius 1 is 1.33 bits per heavy atom. The van der Waals surface area contributed by atoms with Crippen LogP contribution in [0.1, 0.15) is 31.7 Å². The van der Waals surface area contributed by atoms with Gasteiger partial charge < -0.3 is 5.32 Å². The summed E-state index contributed by atoms with van der Waals surface area (Å²) in [6.45, 7) is 2.40. The number of fused-ring (bicyclic) bond motifs is 1. The standard InChI is InChI=1S/C17H20N2O3S2/c1-2-5-16(20)18-14-9-8-13-6-3-10-19(15(13)12-14)24(21,22)17-7-4-11-23-17/h4,7-9,11-12H,2-3,5-6,10H2,1H3,(H,18,20). The number of hydrogen-bond donors (Lipinski definition) is 1. The van der Waals surface area contributed by atoms with Crippen molar-refractivity contribution in [3.05, 3.63) is 41.3 Å². The Labute approximate surface area is 146 Å². The molecule has 1 N–H and O–H groups in total. The van der Waals surface area contributed by atoms with Gasteiger partial charge in [-0.3, -0.25) is 9.10 Å². The number of benzene rings is 1. The van der Waals surface area contributed by atoms with Crippen molar-refractivity contribution in [1.82, 2.24) is 0 Å². The van der Waals surface area contributed by atoms with Crippen LogP contribution in [0.3, 0.4) is 0 Å². The maximum atomic E-state index is 12.9. The van der Waals surface area contributed by atoms with E-state index in [4.69, 9.17) is 0 Å². The van der Waals surface area contributed by atoms with Crippen LogP contribution in [0, 0.1) is 0 Å². The third kappa shape index (κ3) is 3.32. The number of anilines is 2. The van der Waals surface area contributed by atoms with Crippen molar-refractivity contribution in [3.8, 4) is 0 Å². The molecule has 3 rings (SSSR count). The summed E-state index contributed by atoms with van der Waals surface area (Å²) in [5.74, 6) is -0.0547. The Morgan fingerprint density at radius 3 is 2.88 bits per heavy atom. The van der Waals surface area contributed by atoms with Crippen LogP contribution in [0.5, 0.6) is 0 Å². The van der Waals surface area contributed by atoms with E-state index in [1.165, 1.54) is 15.6 Å². The summed E-state index contributed by atoms with van der Waals surface area (Å²) in [5, 5.41) is 4.60. The smallest absolute Gasteiger partial charge is 0.273 e. The lowest BCUT2D eigenvalue weighted by molar-refractivity contribution is -0.116. The van der Waals surface area contributed by atoms with E-state index in [0.717, 1.165) is 24.8 Å². The zero-order valence-corrected chi connectivity index (χ0v) is 15.1. The predicted molar refractivity (Wildman–Crippen MR) is 97.2 cm³/mol. The Kier molecular flexibility index (Phi) is 4.91. The molecule has 1 aliphatic heterocycles. The summed E-state index contributed by atoms with van der Waals surface area (Å²) in [5.41, 5.74) is 2.30. The van der Waals surface area contributed by atoms with Gasteiger partial charge in [0, 0.05) is 18.7 Å². The van der Waals surface area contributed by atoms with E-state index < -0.39 is 10.0 Å². The van der Waals surface area contributed by atoms with E-state index in [-0.39, 0.29) is 5.91 Å². The van der Waals surface area contributed by atoms with Gasteiger partial charge in [-0.05, 0) is 48.4 Å². The van der Waals surface area contributed by atoms with E-state index in [1.54, 1.807) is 23.6 Å². The number of carbonyl (C=O) groups excluding carboxylic acids is 1. The highest BCUT2D eigenvalue weighted by atomic mass is 32.2. The lowest BCUT2D eigenvalue weighted by Crippen LogP contribution is -2.35. The average Bonchev–Trinajstić information content (AvgIpc) is 3.09. The Balaban J connectivity index is 1.95. The van der Waals surface area contributed by atoms with Gasteiger partial charge >= 0.3 is 0 Å². The molecule has 1 aromatic heterocycles. The molecule has 1 amide bonds. The van der Waals surface area contributed by atoms with Gasteiger partial charge in [-0.15, -0.1) is 11.3 Å². The number of thiophene rings is 1. The van der Waals surface area contributed by atoms with Crippen LogP contribution in [0.15, 0.2) is 39.9 Å². The molecular weight excluding hydrogens is 344 g/mol.